The number of ether oxygens (including phenoxy) is 4. The molecule has 1 heterocycles. The van der Waals surface area contributed by atoms with E-state index in [2.05, 4.69) is 19.6 Å². The summed E-state index contributed by atoms with van der Waals surface area (Å²) in [5, 5.41) is 0. The van der Waals surface area contributed by atoms with Crippen molar-refractivity contribution in [3.8, 4) is 0 Å². The predicted molar refractivity (Wildman–Crippen MR) is 122 cm³/mol. The van der Waals surface area contributed by atoms with E-state index in [9.17, 15) is 19.2 Å². The van der Waals surface area contributed by atoms with E-state index in [1.54, 1.807) is 6.08 Å². The minimum atomic E-state index is -1.21. The lowest BCUT2D eigenvalue weighted by atomic mass is 9.43. The highest BCUT2D eigenvalue weighted by Crippen LogP contribution is 2.67. The van der Waals surface area contributed by atoms with E-state index in [0.29, 0.717) is 12.8 Å². The zero-order valence-electron chi connectivity index (χ0n) is 20.9. The van der Waals surface area contributed by atoms with Gasteiger partial charge in [0.2, 0.25) is 12.6 Å². The molecule has 34 heavy (non-hydrogen) atoms. The highest BCUT2D eigenvalue weighted by molar-refractivity contribution is 5.88. The molecular formula is C26H36O8. The highest BCUT2D eigenvalue weighted by Gasteiger charge is 2.74. The van der Waals surface area contributed by atoms with Gasteiger partial charge in [0.25, 0.3) is 0 Å². The molecule has 0 bridgehead atoms. The Morgan fingerprint density at radius 1 is 1.06 bits per heavy atom. The first kappa shape index (κ1) is 26.1. The van der Waals surface area contributed by atoms with E-state index in [0.717, 1.165) is 5.57 Å². The molecular weight excluding hydrogens is 440 g/mol. The Morgan fingerprint density at radius 2 is 1.68 bits per heavy atom. The number of hydrogen-bond acceptors (Lipinski definition) is 8. The average molecular weight is 477 g/mol. The van der Waals surface area contributed by atoms with Crippen LogP contribution in [0.3, 0.4) is 0 Å². The summed E-state index contributed by atoms with van der Waals surface area (Å²) < 4.78 is 22.7. The van der Waals surface area contributed by atoms with E-state index in [-0.39, 0.29) is 30.5 Å². The monoisotopic (exact) mass is 476 g/mol. The van der Waals surface area contributed by atoms with Crippen LogP contribution in [-0.2, 0) is 38.1 Å². The average Bonchev–Trinajstić information content (AvgIpc) is 3.02. The van der Waals surface area contributed by atoms with Gasteiger partial charge in [-0.2, -0.15) is 0 Å². The van der Waals surface area contributed by atoms with Gasteiger partial charge in [0, 0.05) is 33.1 Å². The molecule has 0 aromatic rings. The van der Waals surface area contributed by atoms with Crippen LogP contribution in [0.25, 0.3) is 0 Å². The van der Waals surface area contributed by atoms with Crippen LogP contribution in [-0.4, -0.2) is 42.4 Å². The second-order valence-electron chi connectivity index (χ2n) is 10.2. The zero-order valence-corrected chi connectivity index (χ0v) is 20.9. The van der Waals surface area contributed by atoms with Gasteiger partial charge in [-0.05, 0) is 43.4 Å². The normalized spacial score (nSPS) is 39.5. The molecule has 2 aliphatic carbocycles. The lowest BCUT2D eigenvalue weighted by molar-refractivity contribution is -0.231. The Balaban J connectivity index is 2.19. The number of hydrogen-bond donors (Lipinski definition) is 0. The van der Waals surface area contributed by atoms with Gasteiger partial charge < -0.3 is 18.9 Å². The molecule has 2 saturated carbocycles. The first-order valence-corrected chi connectivity index (χ1v) is 11.9. The molecule has 8 heteroatoms. The highest BCUT2D eigenvalue weighted by atomic mass is 16.8. The van der Waals surface area contributed by atoms with Crippen molar-refractivity contribution >= 4 is 23.7 Å². The van der Waals surface area contributed by atoms with E-state index >= 15 is 0 Å². The largest absolute Gasteiger partial charge is 0.463 e. The summed E-state index contributed by atoms with van der Waals surface area (Å²) in [6.07, 6.45) is 2.72. The van der Waals surface area contributed by atoms with Gasteiger partial charge in [0.15, 0.2) is 0 Å². The molecule has 3 aliphatic rings. The second-order valence-corrected chi connectivity index (χ2v) is 10.2. The van der Waals surface area contributed by atoms with Crippen LogP contribution in [0, 0.1) is 28.6 Å². The first-order chi connectivity index (χ1) is 15.9. The Kier molecular flexibility index (Phi) is 7.41. The maximum Gasteiger partial charge on any atom is 0.304 e. The Morgan fingerprint density at radius 3 is 2.24 bits per heavy atom. The summed E-state index contributed by atoms with van der Waals surface area (Å²) in [7, 11) is 0. The lowest BCUT2D eigenvalue weighted by Gasteiger charge is -2.59. The van der Waals surface area contributed by atoms with Gasteiger partial charge in [-0.15, -0.1) is 0 Å². The van der Waals surface area contributed by atoms with E-state index in [1.165, 1.54) is 20.8 Å². The topological polar surface area (TPSA) is 105 Å². The van der Waals surface area contributed by atoms with Crippen molar-refractivity contribution in [1.82, 2.24) is 0 Å². The molecule has 1 saturated heterocycles. The van der Waals surface area contributed by atoms with E-state index in [1.807, 2.05) is 13.8 Å². The van der Waals surface area contributed by atoms with Gasteiger partial charge in [-0.25, -0.2) is 0 Å². The number of esters is 3. The molecule has 3 fully saturated rings. The van der Waals surface area contributed by atoms with E-state index in [4.69, 9.17) is 18.9 Å². The minimum Gasteiger partial charge on any atom is -0.463 e. The molecule has 1 aliphatic heterocycles. The summed E-state index contributed by atoms with van der Waals surface area (Å²) in [4.78, 5) is 49.8. The van der Waals surface area contributed by atoms with Crippen LogP contribution in [0.15, 0.2) is 24.3 Å². The zero-order chi connectivity index (χ0) is 25.4. The van der Waals surface area contributed by atoms with Crippen LogP contribution >= 0.6 is 0 Å². The van der Waals surface area contributed by atoms with Gasteiger partial charge in [-0.1, -0.05) is 38.2 Å². The Bertz CT molecular complexity index is 906. The fourth-order valence-electron chi connectivity index (χ4n) is 6.36. The maximum atomic E-state index is 13.9. The number of carbonyl (C=O) groups excluding carboxylic acids is 4. The van der Waals surface area contributed by atoms with Crippen molar-refractivity contribution in [3.05, 3.63) is 24.3 Å². The molecule has 8 nitrogen and oxygen atoms in total. The van der Waals surface area contributed by atoms with E-state index < -0.39 is 53.3 Å². The number of carbonyl (C=O) groups is 4. The smallest absolute Gasteiger partial charge is 0.304 e. The molecule has 0 unspecified atom stereocenters. The fourth-order valence-corrected chi connectivity index (χ4v) is 6.36. The van der Waals surface area contributed by atoms with Crippen molar-refractivity contribution < 1.29 is 38.1 Å². The van der Waals surface area contributed by atoms with Crippen molar-refractivity contribution in [2.24, 2.45) is 28.6 Å². The predicted octanol–water partition coefficient (Wildman–Crippen LogP) is 3.88. The third-order valence-electron chi connectivity index (χ3n) is 8.15. The fraction of sp³-hybridized carbons (Fsp3) is 0.692. The summed E-state index contributed by atoms with van der Waals surface area (Å²) >= 11 is 0. The summed E-state index contributed by atoms with van der Waals surface area (Å²) in [6.45, 7) is 13.8. The van der Waals surface area contributed by atoms with Gasteiger partial charge in [0.1, 0.15) is 17.3 Å². The van der Waals surface area contributed by atoms with Crippen molar-refractivity contribution in [3.63, 3.8) is 0 Å². The minimum absolute atomic E-state index is 0.00646. The molecule has 188 valence electrons. The maximum absolute atomic E-state index is 13.9. The van der Waals surface area contributed by atoms with Crippen molar-refractivity contribution in [2.75, 3.05) is 0 Å². The van der Waals surface area contributed by atoms with Crippen LogP contribution in [0.5, 0.6) is 0 Å². The standard InChI is InChI=1S/C26H36O8/c1-8-14(2)9-10-25(7)15(3)11-22(30)26-20(12-19(13-21(25)26)31-16(4)27)23(32-17(5)28)34-24(26)33-18(6)29/h8-9,15,19-21,23-24H,1,10-13H2,2-7H3/b14-9+/t15-,19+,20-,21-,23+,24-,25+,26-/m1/s1. The van der Waals surface area contributed by atoms with Crippen LogP contribution in [0.4, 0.5) is 0 Å². The third-order valence-corrected chi connectivity index (χ3v) is 8.15. The molecule has 1 spiro atoms. The lowest BCUT2D eigenvalue weighted by Crippen LogP contribution is -2.64. The number of rotatable bonds is 6. The second kappa shape index (κ2) is 9.64. The Labute approximate surface area is 201 Å². The van der Waals surface area contributed by atoms with Crippen LogP contribution < -0.4 is 0 Å². The van der Waals surface area contributed by atoms with Crippen LogP contribution in [0.1, 0.15) is 67.2 Å². The number of Topliss-reactive ketones (excluding diaryl/α,β-unsaturated/α-hetero) is 1. The number of allylic oxidation sites excluding steroid dienone is 3. The van der Waals surface area contributed by atoms with Crippen LogP contribution in [0.2, 0.25) is 0 Å². The summed E-state index contributed by atoms with van der Waals surface area (Å²) in [6, 6.07) is 0. The third kappa shape index (κ3) is 4.44. The molecule has 0 N–H and O–H groups in total. The SMILES string of the molecule is C=C/C(C)=C/C[C@@]1(C)[C@H](C)CC(=O)[C@@]23[C@H](OC(C)=O)O[C@H](OC(C)=O)[C@H]2C[C@H](OC(C)=O)C[C@H]13. The molecule has 0 radical (unpaired) electrons. The summed E-state index contributed by atoms with van der Waals surface area (Å²) in [5.41, 5.74) is -0.609. The molecule has 0 amide bonds. The molecule has 0 aromatic carbocycles. The first-order valence-electron chi connectivity index (χ1n) is 11.9. The molecule has 3 rings (SSSR count). The van der Waals surface area contributed by atoms with Crippen molar-refractivity contribution in [1.29, 1.82) is 0 Å². The van der Waals surface area contributed by atoms with Gasteiger partial charge >= 0.3 is 17.9 Å². The quantitative estimate of drug-likeness (QED) is 0.323. The van der Waals surface area contributed by atoms with Crippen molar-refractivity contribution in [2.45, 2.75) is 85.9 Å². The van der Waals surface area contributed by atoms with Gasteiger partial charge in [-0.3, -0.25) is 19.2 Å². The Hall–Kier alpha value is -2.48. The molecule has 8 atom stereocenters. The van der Waals surface area contributed by atoms with Gasteiger partial charge in [0.05, 0.1) is 0 Å². The molecule has 0 aromatic heterocycles. The number of ketones is 1. The summed E-state index contributed by atoms with van der Waals surface area (Å²) in [5.74, 6) is -2.61.